The summed E-state index contributed by atoms with van der Waals surface area (Å²) >= 11 is 6.56. The Morgan fingerprint density at radius 3 is 2.31 bits per heavy atom. The van der Waals surface area contributed by atoms with Gasteiger partial charge in [-0.2, -0.15) is 0 Å². The van der Waals surface area contributed by atoms with E-state index in [1.165, 1.54) is 0 Å². The molecule has 0 bridgehead atoms. The molecule has 0 saturated carbocycles. The van der Waals surface area contributed by atoms with E-state index in [0.717, 1.165) is 30.8 Å². The van der Waals surface area contributed by atoms with Gasteiger partial charge in [0.2, 0.25) is 5.91 Å². The second-order valence-electron chi connectivity index (χ2n) is 8.54. The van der Waals surface area contributed by atoms with Crippen LogP contribution < -0.4 is 15.0 Å². The number of ether oxygens (including phenoxy) is 1. The predicted octanol–water partition coefficient (Wildman–Crippen LogP) is 5.62. The van der Waals surface area contributed by atoms with Gasteiger partial charge in [0, 0.05) is 43.9 Å². The van der Waals surface area contributed by atoms with Gasteiger partial charge in [-0.05, 0) is 54.4 Å². The van der Waals surface area contributed by atoms with Crippen molar-refractivity contribution >= 4 is 34.8 Å². The summed E-state index contributed by atoms with van der Waals surface area (Å²) in [6, 6.07) is 22.5. The van der Waals surface area contributed by atoms with Gasteiger partial charge in [0.1, 0.15) is 12.4 Å². The van der Waals surface area contributed by atoms with Gasteiger partial charge < -0.3 is 19.9 Å². The highest BCUT2D eigenvalue weighted by Gasteiger charge is 2.22. The molecule has 0 atom stereocenters. The molecule has 2 amide bonds. The lowest BCUT2D eigenvalue weighted by Crippen LogP contribution is -2.48. The lowest BCUT2D eigenvalue weighted by Gasteiger charge is -2.36. The number of carbonyl (C=O) groups excluding carboxylic acids is 2. The smallest absolute Gasteiger partial charge is 0.255 e. The van der Waals surface area contributed by atoms with Crippen LogP contribution in [0.4, 0.5) is 11.4 Å². The number of benzene rings is 3. The Hall–Kier alpha value is -3.51. The van der Waals surface area contributed by atoms with Crippen molar-refractivity contribution in [1.82, 2.24) is 4.90 Å². The standard InChI is InChI=1S/C28H30ClN3O3/c1-2-6-27(33)32-17-15-31(16-18-32)26-14-11-23(19-25(26)29)30-28(34)22-9-12-24(13-10-22)35-20-21-7-4-3-5-8-21/h3-5,7-14,19H,2,6,15-18,20H2,1H3,(H,30,34). The van der Waals surface area contributed by atoms with E-state index in [2.05, 4.69) is 10.2 Å². The third kappa shape index (κ3) is 6.55. The van der Waals surface area contributed by atoms with Crippen LogP contribution in [0.5, 0.6) is 5.75 Å². The number of carbonyl (C=O) groups is 2. The predicted molar refractivity (Wildman–Crippen MR) is 140 cm³/mol. The first-order valence-electron chi connectivity index (χ1n) is 11.9. The third-order valence-corrected chi connectivity index (χ3v) is 6.31. The molecule has 1 aliphatic rings. The molecule has 3 aromatic carbocycles. The molecule has 1 heterocycles. The van der Waals surface area contributed by atoms with Gasteiger partial charge in [-0.15, -0.1) is 0 Å². The molecule has 1 saturated heterocycles. The summed E-state index contributed by atoms with van der Waals surface area (Å²) in [4.78, 5) is 28.9. The molecule has 182 valence electrons. The molecular formula is C28H30ClN3O3. The Balaban J connectivity index is 1.31. The van der Waals surface area contributed by atoms with E-state index in [0.29, 0.717) is 48.1 Å². The van der Waals surface area contributed by atoms with E-state index in [1.54, 1.807) is 30.3 Å². The zero-order valence-electron chi connectivity index (χ0n) is 19.9. The molecule has 0 aliphatic carbocycles. The molecule has 0 spiro atoms. The average Bonchev–Trinajstić information content (AvgIpc) is 2.89. The Morgan fingerprint density at radius 1 is 0.943 bits per heavy atom. The van der Waals surface area contributed by atoms with Gasteiger partial charge in [0.25, 0.3) is 5.91 Å². The van der Waals surface area contributed by atoms with Crippen LogP contribution in [0.1, 0.15) is 35.7 Å². The molecule has 1 fully saturated rings. The average molecular weight is 492 g/mol. The van der Waals surface area contributed by atoms with Crippen molar-refractivity contribution < 1.29 is 14.3 Å². The quantitative estimate of drug-likeness (QED) is 0.444. The highest BCUT2D eigenvalue weighted by Crippen LogP contribution is 2.30. The number of hydrogen-bond donors (Lipinski definition) is 1. The van der Waals surface area contributed by atoms with E-state index in [9.17, 15) is 9.59 Å². The first kappa shape index (κ1) is 24.6. The largest absolute Gasteiger partial charge is 0.489 e. The molecule has 4 rings (SSSR count). The van der Waals surface area contributed by atoms with Crippen molar-refractivity contribution in [2.45, 2.75) is 26.4 Å². The molecular weight excluding hydrogens is 462 g/mol. The molecule has 1 aliphatic heterocycles. The molecule has 7 heteroatoms. The Bertz CT molecular complexity index is 1140. The summed E-state index contributed by atoms with van der Waals surface area (Å²) in [5.41, 5.74) is 3.16. The first-order chi connectivity index (χ1) is 17.0. The highest BCUT2D eigenvalue weighted by atomic mass is 35.5. The highest BCUT2D eigenvalue weighted by molar-refractivity contribution is 6.33. The van der Waals surface area contributed by atoms with E-state index < -0.39 is 0 Å². The number of nitrogens with one attached hydrogen (secondary N) is 1. The van der Waals surface area contributed by atoms with E-state index in [4.69, 9.17) is 16.3 Å². The summed E-state index contributed by atoms with van der Waals surface area (Å²) in [5.74, 6) is 0.702. The van der Waals surface area contributed by atoms with Gasteiger partial charge in [-0.25, -0.2) is 0 Å². The van der Waals surface area contributed by atoms with E-state index in [1.807, 2.05) is 54.3 Å². The van der Waals surface area contributed by atoms with Crippen LogP contribution in [0.15, 0.2) is 72.8 Å². The second kappa shape index (κ2) is 11.8. The van der Waals surface area contributed by atoms with Crippen molar-refractivity contribution in [3.63, 3.8) is 0 Å². The maximum atomic E-state index is 12.7. The summed E-state index contributed by atoms with van der Waals surface area (Å²) in [7, 11) is 0. The fraction of sp³-hybridized carbons (Fsp3) is 0.286. The van der Waals surface area contributed by atoms with Crippen LogP contribution in [-0.2, 0) is 11.4 Å². The van der Waals surface area contributed by atoms with Crippen LogP contribution >= 0.6 is 11.6 Å². The summed E-state index contributed by atoms with van der Waals surface area (Å²) < 4.78 is 5.79. The Morgan fingerprint density at radius 2 is 1.66 bits per heavy atom. The second-order valence-corrected chi connectivity index (χ2v) is 8.94. The summed E-state index contributed by atoms with van der Waals surface area (Å²) in [6.45, 7) is 5.35. The minimum absolute atomic E-state index is 0.215. The SMILES string of the molecule is CCCC(=O)N1CCN(c2ccc(NC(=O)c3ccc(OCc4ccccc4)cc3)cc2Cl)CC1. The molecule has 35 heavy (non-hydrogen) atoms. The zero-order valence-corrected chi connectivity index (χ0v) is 20.6. The molecule has 0 unspecified atom stereocenters. The summed E-state index contributed by atoms with van der Waals surface area (Å²) in [6.07, 6.45) is 1.46. The zero-order chi connectivity index (χ0) is 24.6. The van der Waals surface area contributed by atoms with Crippen molar-refractivity contribution in [2.24, 2.45) is 0 Å². The lowest BCUT2D eigenvalue weighted by atomic mass is 10.2. The van der Waals surface area contributed by atoms with Crippen LogP contribution in [0, 0.1) is 0 Å². The molecule has 0 radical (unpaired) electrons. The maximum Gasteiger partial charge on any atom is 0.255 e. The van der Waals surface area contributed by atoms with Gasteiger partial charge in [0.15, 0.2) is 0 Å². The Kier molecular flexibility index (Phi) is 8.27. The maximum absolute atomic E-state index is 12.7. The monoisotopic (exact) mass is 491 g/mol. The molecule has 6 nitrogen and oxygen atoms in total. The fourth-order valence-corrected chi connectivity index (χ4v) is 4.36. The number of amides is 2. The number of halogens is 1. The number of piperazine rings is 1. The van der Waals surface area contributed by atoms with Crippen molar-refractivity contribution in [3.05, 3.63) is 88.9 Å². The van der Waals surface area contributed by atoms with E-state index in [-0.39, 0.29) is 11.8 Å². The lowest BCUT2D eigenvalue weighted by molar-refractivity contribution is -0.131. The van der Waals surface area contributed by atoms with Gasteiger partial charge >= 0.3 is 0 Å². The molecule has 0 aromatic heterocycles. The number of hydrogen-bond acceptors (Lipinski definition) is 4. The van der Waals surface area contributed by atoms with Gasteiger partial charge in [-0.1, -0.05) is 48.9 Å². The normalized spacial score (nSPS) is 13.4. The first-order valence-corrected chi connectivity index (χ1v) is 12.3. The van der Waals surface area contributed by atoms with Gasteiger partial charge in [-0.3, -0.25) is 9.59 Å². The summed E-state index contributed by atoms with van der Waals surface area (Å²) in [5, 5.41) is 3.48. The van der Waals surface area contributed by atoms with Crippen molar-refractivity contribution in [3.8, 4) is 5.75 Å². The fourth-order valence-electron chi connectivity index (χ4n) is 4.06. The van der Waals surface area contributed by atoms with E-state index >= 15 is 0 Å². The van der Waals surface area contributed by atoms with Crippen LogP contribution in [0.2, 0.25) is 5.02 Å². The van der Waals surface area contributed by atoms with Gasteiger partial charge in [0.05, 0.1) is 10.7 Å². The van der Waals surface area contributed by atoms with Crippen LogP contribution in [0.3, 0.4) is 0 Å². The van der Waals surface area contributed by atoms with Crippen LogP contribution in [-0.4, -0.2) is 42.9 Å². The minimum Gasteiger partial charge on any atom is -0.489 e. The molecule has 3 aromatic rings. The minimum atomic E-state index is -0.216. The third-order valence-electron chi connectivity index (χ3n) is 6.01. The van der Waals surface area contributed by atoms with Crippen molar-refractivity contribution in [2.75, 3.05) is 36.4 Å². The topological polar surface area (TPSA) is 61.9 Å². The Labute approximate surface area is 211 Å². The number of anilines is 2. The van der Waals surface area contributed by atoms with Crippen molar-refractivity contribution in [1.29, 1.82) is 0 Å². The molecule has 1 N–H and O–H groups in total. The van der Waals surface area contributed by atoms with Crippen LogP contribution in [0.25, 0.3) is 0 Å². The number of rotatable bonds is 8. The number of nitrogens with zero attached hydrogens (tertiary/aromatic N) is 2.